The molecular weight excluding hydrogens is 314 g/mol. The fraction of sp³-hybridized carbons (Fsp3) is 0.625. The van der Waals surface area contributed by atoms with Gasteiger partial charge in [0.1, 0.15) is 12.1 Å². The van der Waals surface area contributed by atoms with Crippen LogP contribution in [0.2, 0.25) is 0 Å². The highest BCUT2D eigenvalue weighted by Gasteiger charge is 2.29. The third kappa shape index (κ3) is 4.33. The Labute approximate surface area is 140 Å². The number of hydrogen-bond acceptors (Lipinski definition) is 6. The van der Waals surface area contributed by atoms with Crippen molar-refractivity contribution in [3.8, 4) is 0 Å². The minimum Gasteiger partial charge on any atom is -0.466 e. The van der Waals surface area contributed by atoms with Crippen molar-refractivity contribution in [3.05, 3.63) is 17.0 Å². The molecule has 2 heterocycles. The fourth-order valence-corrected chi connectivity index (χ4v) is 2.50. The molecule has 0 saturated heterocycles. The van der Waals surface area contributed by atoms with E-state index < -0.39 is 5.97 Å². The molecule has 0 spiro atoms. The summed E-state index contributed by atoms with van der Waals surface area (Å²) in [6.07, 6.45) is 1.58. The third-order valence-electron chi connectivity index (χ3n) is 3.79. The second-order valence-corrected chi connectivity index (χ2v) is 5.57. The van der Waals surface area contributed by atoms with E-state index in [1.807, 2.05) is 6.92 Å². The molecule has 24 heavy (non-hydrogen) atoms. The van der Waals surface area contributed by atoms with Gasteiger partial charge in [-0.3, -0.25) is 14.7 Å². The molecule has 0 atom stereocenters. The Morgan fingerprint density at radius 2 is 2.04 bits per heavy atom. The van der Waals surface area contributed by atoms with E-state index >= 15 is 0 Å². The van der Waals surface area contributed by atoms with Crippen molar-refractivity contribution in [2.24, 2.45) is 0 Å². The largest absolute Gasteiger partial charge is 0.466 e. The van der Waals surface area contributed by atoms with Crippen LogP contribution in [0.3, 0.4) is 0 Å². The zero-order chi connectivity index (χ0) is 17.5. The minimum atomic E-state index is -0.572. The van der Waals surface area contributed by atoms with Gasteiger partial charge in [-0.25, -0.2) is 4.79 Å². The molecule has 0 saturated carbocycles. The highest BCUT2D eigenvalue weighted by Crippen LogP contribution is 2.22. The molecule has 1 aliphatic heterocycles. The van der Waals surface area contributed by atoms with Crippen LogP contribution in [0.15, 0.2) is 0 Å². The number of aromatic amines is 1. The molecule has 1 N–H and O–H groups in total. The summed E-state index contributed by atoms with van der Waals surface area (Å²) >= 11 is 0. The Balaban J connectivity index is 2.02. The van der Waals surface area contributed by atoms with Crippen LogP contribution in [0.25, 0.3) is 0 Å². The Morgan fingerprint density at radius 3 is 2.75 bits per heavy atom. The summed E-state index contributed by atoms with van der Waals surface area (Å²) in [4.78, 5) is 37.3. The molecule has 0 fully saturated rings. The minimum absolute atomic E-state index is 0.227. The van der Waals surface area contributed by atoms with Crippen molar-refractivity contribution >= 4 is 17.8 Å². The molecule has 0 unspecified atom stereocenters. The maximum Gasteiger partial charge on any atom is 0.410 e. The molecule has 1 aromatic rings. The number of nitrogens with zero attached hydrogens (tertiary/aromatic N) is 2. The van der Waals surface area contributed by atoms with E-state index in [4.69, 9.17) is 9.47 Å². The van der Waals surface area contributed by atoms with Gasteiger partial charge in [0.05, 0.1) is 25.5 Å². The van der Waals surface area contributed by atoms with Gasteiger partial charge in [0.2, 0.25) is 0 Å². The van der Waals surface area contributed by atoms with Gasteiger partial charge >= 0.3 is 12.1 Å². The highest BCUT2D eigenvalue weighted by molar-refractivity contribution is 6.05. The van der Waals surface area contributed by atoms with Gasteiger partial charge in [-0.1, -0.05) is 13.3 Å². The number of unbranched alkanes of at least 4 members (excludes halogenated alkanes) is 1. The lowest BCUT2D eigenvalue weighted by molar-refractivity contribution is -0.141. The molecule has 1 aliphatic rings. The number of Topliss-reactive ketones (excluding diaryl/α,β-unsaturated/α-hetero) is 1. The van der Waals surface area contributed by atoms with Crippen molar-refractivity contribution in [3.63, 3.8) is 0 Å². The lowest BCUT2D eigenvalue weighted by Gasteiger charge is -2.26. The van der Waals surface area contributed by atoms with E-state index in [1.165, 1.54) is 0 Å². The Morgan fingerprint density at radius 1 is 1.25 bits per heavy atom. The summed E-state index contributed by atoms with van der Waals surface area (Å²) in [6, 6.07) is 0. The summed E-state index contributed by atoms with van der Waals surface area (Å²) < 4.78 is 10.00. The van der Waals surface area contributed by atoms with Crippen LogP contribution < -0.4 is 0 Å². The van der Waals surface area contributed by atoms with Gasteiger partial charge in [-0.15, -0.1) is 0 Å². The molecule has 1 aromatic heterocycles. The van der Waals surface area contributed by atoms with Gasteiger partial charge in [0.25, 0.3) is 0 Å². The number of aromatic nitrogens is 2. The van der Waals surface area contributed by atoms with Gasteiger partial charge in [0, 0.05) is 18.5 Å². The predicted molar refractivity (Wildman–Crippen MR) is 84.5 cm³/mol. The number of nitrogens with one attached hydrogen (secondary N) is 1. The van der Waals surface area contributed by atoms with Crippen LogP contribution >= 0.6 is 0 Å². The first kappa shape index (κ1) is 18.0. The van der Waals surface area contributed by atoms with Gasteiger partial charge in [0.15, 0.2) is 5.78 Å². The van der Waals surface area contributed by atoms with Crippen molar-refractivity contribution in [1.82, 2.24) is 15.1 Å². The number of fused-ring (bicyclic) bond motifs is 1. The lowest BCUT2D eigenvalue weighted by atomic mass is 10.0. The van der Waals surface area contributed by atoms with Crippen LogP contribution in [0, 0.1) is 0 Å². The molecule has 1 amide bonds. The SMILES string of the molecule is CCCCOC(=O)N1CCc2n[nH]c(C(=O)CC(=O)OCC)c2C1. The molecule has 132 valence electrons. The lowest BCUT2D eigenvalue weighted by Crippen LogP contribution is -2.36. The first-order valence-electron chi connectivity index (χ1n) is 8.23. The van der Waals surface area contributed by atoms with Crippen LogP contribution in [0.5, 0.6) is 0 Å². The van der Waals surface area contributed by atoms with Gasteiger partial charge < -0.3 is 14.4 Å². The summed E-state index contributed by atoms with van der Waals surface area (Å²) in [7, 11) is 0. The molecule has 0 radical (unpaired) electrons. The second-order valence-electron chi connectivity index (χ2n) is 5.57. The molecule has 0 aromatic carbocycles. The average molecular weight is 337 g/mol. The molecule has 8 nitrogen and oxygen atoms in total. The maximum absolute atomic E-state index is 12.2. The second kappa shape index (κ2) is 8.47. The summed E-state index contributed by atoms with van der Waals surface area (Å²) in [5.41, 5.74) is 1.67. The molecule has 2 rings (SSSR count). The smallest absolute Gasteiger partial charge is 0.410 e. The Hall–Kier alpha value is -2.38. The Bertz CT molecular complexity index is 611. The van der Waals surface area contributed by atoms with E-state index in [0.29, 0.717) is 25.1 Å². The average Bonchev–Trinajstić information content (AvgIpc) is 2.98. The van der Waals surface area contributed by atoms with E-state index in [9.17, 15) is 14.4 Å². The monoisotopic (exact) mass is 337 g/mol. The van der Waals surface area contributed by atoms with E-state index in [1.54, 1.807) is 11.8 Å². The molecular formula is C16H23N3O5. The van der Waals surface area contributed by atoms with Gasteiger partial charge in [-0.05, 0) is 13.3 Å². The Kier molecular flexibility index (Phi) is 6.34. The van der Waals surface area contributed by atoms with Crippen molar-refractivity contribution in [1.29, 1.82) is 0 Å². The number of ether oxygens (including phenoxy) is 2. The topological polar surface area (TPSA) is 102 Å². The normalized spacial score (nSPS) is 13.3. The number of hydrogen-bond donors (Lipinski definition) is 1. The van der Waals surface area contributed by atoms with Gasteiger partial charge in [-0.2, -0.15) is 5.10 Å². The number of esters is 1. The molecule has 0 bridgehead atoms. The predicted octanol–water partition coefficient (Wildman–Crippen LogP) is 1.84. The highest BCUT2D eigenvalue weighted by atomic mass is 16.6. The fourth-order valence-electron chi connectivity index (χ4n) is 2.50. The van der Waals surface area contributed by atoms with Crippen molar-refractivity contribution < 1.29 is 23.9 Å². The summed E-state index contributed by atoms with van der Waals surface area (Å²) in [5, 5.41) is 6.81. The van der Waals surface area contributed by atoms with Crippen molar-refractivity contribution in [2.45, 2.75) is 46.1 Å². The first-order valence-corrected chi connectivity index (χ1v) is 8.23. The number of H-pyrrole nitrogens is 1. The zero-order valence-electron chi connectivity index (χ0n) is 14.1. The maximum atomic E-state index is 12.2. The number of carbonyl (C=O) groups excluding carboxylic acids is 3. The zero-order valence-corrected chi connectivity index (χ0v) is 14.1. The van der Waals surface area contributed by atoms with E-state index in [2.05, 4.69) is 10.2 Å². The number of ketones is 1. The van der Waals surface area contributed by atoms with Crippen LogP contribution in [-0.4, -0.2) is 52.7 Å². The summed E-state index contributed by atoms with van der Waals surface area (Å²) in [5.74, 6) is -0.958. The number of carbonyl (C=O) groups is 3. The van der Waals surface area contributed by atoms with Crippen LogP contribution in [-0.2, 0) is 27.2 Å². The third-order valence-corrected chi connectivity index (χ3v) is 3.79. The number of amides is 1. The first-order chi connectivity index (χ1) is 11.6. The standard InChI is InChI=1S/C16H23N3O5/c1-3-5-8-24-16(22)19-7-6-12-11(10-19)15(18-17-12)13(20)9-14(21)23-4-2/h3-10H2,1-2H3,(H,17,18). The van der Waals surface area contributed by atoms with Crippen LogP contribution in [0.4, 0.5) is 4.79 Å². The number of rotatable bonds is 7. The van der Waals surface area contributed by atoms with E-state index in [0.717, 1.165) is 18.5 Å². The summed E-state index contributed by atoms with van der Waals surface area (Å²) in [6.45, 7) is 5.06. The van der Waals surface area contributed by atoms with E-state index in [-0.39, 0.29) is 37.1 Å². The molecule has 0 aliphatic carbocycles. The van der Waals surface area contributed by atoms with Crippen molar-refractivity contribution in [2.75, 3.05) is 19.8 Å². The quantitative estimate of drug-likeness (QED) is 0.352. The van der Waals surface area contributed by atoms with Crippen LogP contribution in [0.1, 0.15) is 54.9 Å². The molecule has 8 heteroatoms.